The van der Waals surface area contributed by atoms with Gasteiger partial charge in [-0.25, -0.2) is 4.79 Å². The number of carbonyl (C=O) groups excluding carboxylic acids is 1. The third-order valence-electron chi connectivity index (χ3n) is 1.51. The molecule has 94 valence electrons. The van der Waals surface area contributed by atoms with Crippen LogP contribution in [0.5, 0.6) is 0 Å². The summed E-state index contributed by atoms with van der Waals surface area (Å²) in [6, 6.07) is 0. The molecule has 0 fully saturated rings. The molecule has 16 heavy (non-hydrogen) atoms. The molecule has 0 aliphatic heterocycles. The molecule has 0 radical (unpaired) electrons. The van der Waals surface area contributed by atoms with Gasteiger partial charge >= 0.3 is 12.1 Å². The van der Waals surface area contributed by atoms with Crippen molar-refractivity contribution in [2.45, 2.75) is 51.4 Å². The van der Waals surface area contributed by atoms with E-state index in [0.717, 1.165) is 18.4 Å². The minimum atomic E-state index is -0.928. The van der Waals surface area contributed by atoms with Gasteiger partial charge in [-0.2, -0.15) is 0 Å². The van der Waals surface area contributed by atoms with Crippen LogP contribution in [-0.2, 0) is 9.53 Å². The zero-order valence-corrected chi connectivity index (χ0v) is 10.9. The van der Waals surface area contributed by atoms with Crippen LogP contribution in [-0.4, -0.2) is 28.0 Å². The van der Waals surface area contributed by atoms with Crippen molar-refractivity contribution in [1.29, 1.82) is 0 Å². The summed E-state index contributed by atoms with van der Waals surface area (Å²) in [6.45, 7) is 7.14. The Balaban J connectivity index is 4.01. The molecule has 1 unspecified atom stereocenters. The predicted molar refractivity (Wildman–Crippen MR) is 63.3 cm³/mol. The molecule has 2 N–H and O–H groups in total. The van der Waals surface area contributed by atoms with Gasteiger partial charge in [-0.05, 0) is 39.1 Å². The van der Waals surface area contributed by atoms with E-state index in [1.165, 1.54) is 0 Å². The third kappa shape index (κ3) is 7.39. The van der Waals surface area contributed by atoms with E-state index in [1.54, 1.807) is 20.8 Å². The zero-order valence-electron chi connectivity index (χ0n) is 10.1. The first-order valence-corrected chi connectivity index (χ1v) is 6.01. The number of ether oxygens (including phenoxy) is 1. The van der Waals surface area contributed by atoms with E-state index in [2.05, 4.69) is 4.72 Å². The Morgan fingerprint density at radius 1 is 1.44 bits per heavy atom. The summed E-state index contributed by atoms with van der Waals surface area (Å²) < 4.78 is 7.36. The number of carbonyl (C=O) groups is 2. The van der Waals surface area contributed by atoms with Crippen LogP contribution < -0.4 is 4.72 Å². The monoisotopic (exact) mass is 249 g/mol. The lowest BCUT2D eigenvalue weighted by molar-refractivity contribution is -0.136. The Hall–Kier alpha value is -0.910. The van der Waals surface area contributed by atoms with Crippen molar-refractivity contribution in [1.82, 2.24) is 4.72 Å². The largest absolute Gasteiger partial charge is 0.480 e. The summed E-state index contributed by atoms with van der Waals surface area (Å²) in [7, 11) is 0. The maximum absolute atomic E-state index is 11.2. The van der Waals surface area contributed by atoms with Crippen LogP contribution in [0.15, 0.2) is 0 Å². The molecule has 0 bridgehead atoms. The molecule has 0 aromatic carbocycles. The standard InChI is InChI=1S/C10H19NO4S/c1-5-6-7(8(12)13)16-11-9(14)15-10(2,3)4/h7H,5-6H2,1-4H3,(H,11,14)(H,12,13). The van der Waals surface area contributed by atoms with Gasteiger partial charge in [-0.3, -0.25) is 9.52 Å². The molecule has 0 aromatic heterocycles. The van der Waals surface area contributed by atoms with Crippen molar-refractivity contribution < 1.29 is 19.4 Å². The Labute approximate surface area is 100 Å². The molecular weight excluding hydrogens is 230 g/mol. The summed E-state index contributed by atoms with van der Waals surface area (Å²) in [5.74, 6) is -0.928. The number of amides is 1. The molecule has 0 aromatic rings. The van der Waals surface area contributed by atoms with Crippen molar-refractivity contribution in [3.8, 4) is 0 Å². The predicted octanol–water partition coefficient (Wildman–Crippen LogP) is 2.41. The second-order valence-electron chi connectivity index (χ2n) is 4.34. The van der Waals surface area contributed by atoms with Crippen LogP contribution in [0, 0.1) is 0 Å². The van der Waals surface area contributed by atoms with Gasteiger partial charge in [0.25, 0.3) is 0 Å². The van der Waals surface area contributed by atoms with Gasteiger partial charge in [-0.15, -0.1) is 0 Å². The lowest BCUT2D eigenvalue weighted by atomic mass is 10.2. The van der Waals surface area contributed by atoms with Gasteiger partial charge in [0.1, 0.15) is 10.9 Å². The Kier molecular flexibility index (Phi) is 6.25. The van der Waals surface area contributed by atoms with E-state index >= 15 is 0 Å². The number of nitrogens with one attached hydrogen (secondary N) is 1. The smallest absolute Gasteiger partial charge is 0.417 e. The van der Waals surface area contributed by atoms with Crippen LogP contribution in [0.3, 0.4) is 0 Å². The number of carboxylic acid groups (broad SMARTS) is 1. The summed E-state index contributed by atoms with van der Waals surface area (Å²) in [4.78, 5) is 22.0. The summed E-state index contributed by atoms with van der Waals surface area (Å²) >= 11 is 0.879. The molecule has 6 heteroatoms. The molecule has 0 spiro atoms. The minimum absolute atomic E-state index is 0.510. The van der Waals surface area contributed by atoms with Crippen LogP contribution >= 0.6 is 11.9 Å². The van der Waals surface area contributed by atoms with Gasteiger partial charge in [-0.1, -0.05) is 13.3 Å². The van der Waals surface area contributed by atoms with Crippen molar-refractivity contribution in [3.05, 3.63) is 0 Å². The van der Waals surface area contributed by atoms with Crippen molar-refractivity contribution >= 4 is 24.0 Å². The average Bonchev–Trinajstić information content (AvgIpc) is 2.08. The summed E-state index contributed by atoms with van der Waals surface area (Å²) in [5.41, 5.74) is -0.575. The summed E-state index contributed by atoms with van der Waals surface area (Å²) in [5, 5.41) is 8.21. The third-order valence-corrected chi connectivity index (χ3v) is 2.52. The van der Waals surface area contributed by atoms with Gasteiger partial charge in [0.2, 0.25) is 0 Å². The van der Waals surface area contributed by atoms with E-state index in [0.29, 0.717) is 6.42 Å². The normalized spacial score (nSPS) is 13.0. The van der Waals surface area contributed by atoms with E-state index in [-0.39, 0.29) is 0 Å². The number of rotatable bonds is 5. The molecule has 0 saturated heterocycles. The highest BCUT2D eigenvalue weighted by atomic mass is 32.2. The van der Waals surface area contributed by atoms with E-state index in [4.69, 9.17) is 9.84 Å². The first-order chi connectivity index (χ1) is 7.26. The van der Waals surface area contributed by atoms with Crippen LogP contribution in [0.1, 0.15) is 40.5 Å². The van der Waals surface area contributed by atoms with Crippen LogP contribution in [0.4, 0.5) is 4.79 Å². The molecule has 0 heterocycles. The van der Waals surface area contributed by atoms with E-state index < -0.39 is 22.9 Å². The molecule has 1 amide bonds. The van der Waals surface area contributed by atoms with E-state index in [9.17, 15) is 9.59 Å². The van der Waals surface area contributed by atoms with Crippen molar-refractivity contribution in [2.24, 2.45) is 0 Å². The fraction of sp³-hybridized carbons (Fsp3) is 0.800. The van der Waals surface area contributed by atoms with Gasteiger partial charge in [0, 0.05) is 0 Å². The molecule has 0 rings (SSSR count). The second kappa shape index (κ2) is 6.62. The average molecular weight is 249 g/mol. The molecule has 0 aliphatic carbocycles. The molecule has 1 atom stereocenters. The Morgan fingerprint density at radius 3 is 2.38 bits per heavy atom. The number of aliphatic carboxylic acids is 1. The second-order valence-corrected chi connectivity index (χ2v) is 5.35. The Morgan fingerprint density at radius 2 is 2.00 bits per heavy atom. The molecule has 5 nitrogen and oxygen atoms in total. The zero-order chi connectivity index (χ0) is 12.8. The number of hydrogen-bond donors (Lipinski definition) is 2. The highest BCUT2D eigenvalue weighted by molar-refractivity contribution is 7.99. The minimum Gasteiger partial charge on any atom is -0.480 e. The quantitative estimate of drug-likeness (QED) is 0.732. The van der Waals surface area contributed by atoms with Crippen LogP contribution in [0.2, 0.25) is 0 Å². The van der Waals surface area contributed by atoms with Crippen molar-refractivity contribution in [2.75, 3.05) is 0 Å². The first kappa shape index (κ1) is 15.1. The van der Waals surface area contributed by atoms with Crippen LogP contribution in [0.25, 0.3) is 0 Å². The van der Waals surface area contributed by atoms with Gasteiger partial charge < -0.3 is 9.84 Å². The molecular formula is C10H19NO4S. The highest BCUT2D eigenvalue weighted by Gasteiger charge is 2.21. The fourth-order valence-electron chi connectivity index (χ4n) is 0.913. The molecule has 0 aliphatic rings. The Bertz CT molecular complexity index is 250. The van der Waals surface area contributed by atoms with Gasteiger partial charge in [0.15, 0.2) is 0 Å². The fourth-order valence-corrected chi connectivity index (χ4v) is 1.65. The number of carboxylic acids is 1. The van der Waals surface area contributed by atoms with Crippen molar-refractivity contribution in [3.63, 3.8) is 0 Å². The maximum Gasteiger partial charge on any atom is 0.417 e. The van der Waals surface area contributed by atoms with Gasteiger partial charge in [0.05, 0.1) is 0 Å². The lowest BCUT2D eigenvalue weighted by Gasteiger charge is -2.20. The summed E-state index contributed by atoms with van der Waals surface area (Å²) in [6.07, 6.45) is 0.648. The number of hydrogen-bond acceptors (Lipinski definition) is 4. The molecule has 0 saturated carbocycles. The maximum atomic E-state index is 11.2. The SMILES string of the molecule is CCCC(SNC(=O)OC(C)(C)C)C(=O)O. The van der Waals surface area contributed by atoms with E-state index in [1.807, 2.05) is 6.92 Å². The first-order valence-electron chi connectivity index (χ1n) is 5.13. The topological polar surface area (TPSA) is 75.6 Å². The highest BCUT2D eigenvalue weighted by Crippen LogP contribution is 2.15. The lowest BCUT2D eigenvalue weighted by Crippen LogP contribution is -2.31.